The van der Waals surface area contributed by atoms with E-state index in [0.717, 1.165) is 21.9 Å². The highest BCUT2D eigenvalue weighted by Gasteiger charge is 2.19. The summed E-state index contributed by atoms with van der Waals surface area (Å²) in [6.07, 6.45) is 0. The summed E-state index contributed by atoms with van der Waals surface area (Å²) in [6, 6.07) is 13.3. The van der Waals surface area contributed by atoms with Crippen molar-refractivity contribution in [1.82, 2.24) is 0 Å². The zero-order valence-corrected chi connectivity index (χ0v) is 13.2. The van der Waals surface area contributed by atoms with Crippen LogP contribution in [0.4, 0.5) is 5.69 Å². The lowest BCUT2D eigenvalue weighted by Crippen LogP contribution is -2.07. The standard InChI is InChI=1S/C15H16Cl2N2S/c16-10-5-6-14(19)12(9-10)15(20-8-7-18)11-3-1-2-4-13(11)17/h1-6,9,15H,7-8,18-19H2. The van der Waals surface area contributed by atoms with Crippen molar-refractivity contribution in [3.8, 4) is 0 Å². The maximum absolute atomic E-state index is 6.32. The molecule has 0 spiro atoms. The molecule has 20 heavy (non-hydrogen) atoms. The zero-order chi connectivity index (χ0) is 14.5. The number of benzene rings is 2. The number of nitrogens with two attached hydrogens (primary N) is 2. The van der Waals surface area contributed by atoms with Crippen LogP contribution in [0.15, 0.2) is 42.5 Å². The Hall–Kier alpha value is -0.870. The fraction of sp³-hybridized carbons (Fsp3) is 0.200. The zero-order valence-electron chi connectivity index (χ0n) is 10.9. The Bertz CT molecular complexity index is 590. The molecule has 1 atom stereocenters. The highest BCUT2D eigenvalue weighted by atomic mass is 35.5. The predicted octanol–water partition coefficient (Wildman–Crippen LogP) is 4.36. The fourth-order valence-electron chi connectivity index (χ4n) is 1.99. The number of thioether (sulfide) groups is 1. The number of halogens is 2. The van der Waals surface area contributed by atoms with E-state index in [1.54, 1.807) is 17.8 Å². The van der Waals surface area contributed by atoms with Crippen LogP contribution in [-0.2, 0) is 0 Å². The van der Waals surface area contributed by atoms with Crippen molar-refractivity contribution in [3.05, 3.63) is 63.6 Å². The van der Waals surface area contributed by atoms with Crippen molar-refractivity contribution in [2.24, 2.45) is 5.73 Å². The van der Waals surface area contributed by atoms with Crippen molar-refractivity contribution in [3.63, 3.8) is 0 Å². The molecule has 0 bridgehead atoms. The predicted molar refractivity (Wildman–Crippen MR) is 90.7 cm³/mol. The van der Waals surface area contributed by atoms with Gasteiger partial charge in [-0.25, -0.2) is 0 Å². The van der Waals surface area contributed by atoms with E-state index < -0.39 is 0 Å². The molecule has 106 valence electrons. The van der Waals surface area contributed by atoms with Crippen molar-refractivity contribution < 1.29 is 0 Å². The number of hydrogen-bond donors (Lipinski definition) is 2. The summed E-state index contributed by atoms with van der Waals surface area (Å²) >= 11 is 14.1. The molecule has 0 aliphatic heterocycles. The summed E-state index contributed by atoms with van der Waals surface area (Å²) in [5, 5.41) is 1.42. The molecule has 0 amide bonds. The molecule has 2 aromatic carbocycles. The van der Waals surface area contributed by atoms with Gasteiger partial charge in [-0.2, -0.15) is 0 Å². The largest absolute Gasteiger partial charge is 0.398 e. The van der Waals surface area contributed by atoms with Gasteiger partial charge in [0.2, 0.25) is 0 Å². The lowest BCUT2D eigenvalue weighted by Gasteiger charge is -2.20. The average Bonchev–Trinajstić information content (AvgIpc) is 2.44. The van der Waals surface area contributed by atoms with Crippen molar-refractivity contribution in [2.75, 3.05) is 18.0 Å². The Morgan fingerprint density at radius 2 is 1.80 bits per heavy atom. The molecule has 1 unspecified atom stereocenters. The van der Waals surface area contributed by atoms with E-state index in [0.29, 0.717) is 17.3 Å². The summed E-state index contributed by atoms with van der Waals surface area (Å²) in [5.74, 6) is 0.821. The van der Waals surface area contributed by atoms with Crippen LogP contribution in [0.1, 0.15) is 16.4 Å². The van der Waals surface area contributed by atoms with E-state index in [9.17, 15) is 0 Å². The number of rotatable bonds is 5. The molecule has 0 radical (unpaired) electrons. The van der Waals surface area contributed by atoms with Crippen LogP contribution in [0.5, 0.6) is 0 Å². The van der Waals surface area contributed by atoms with E-state index in [4.69, 9.17) is 34.7 Å². The summed E-state index contributed by atoms with van der Waals surface area (Å²) in [7, 11) is 0. The summed E-state index contributed by atoms with van der Waals surface area (Å²) in [4.78, 5) is 0. The minimum Gasteiger partial charge on any atom is -0.398 e. The van der Waals surface area contributed by atoms with E-state index in [1.807, 2.05) is 36.4 Å². The molecular weight excluding hydrogens is 311 g/mol. The first kappa shape index (κ1) is 15.5. The third-order valence-corrected chi connectivity index (χ3v) is 4.81. The first-order chi connectivity index (χ1) is 9.63. The summed E-state index contributed by atoms with van der Waals surface area (Å²) in [5.41, 5.74) is 14.4. The first-order valence-electron chi connectivity index (χ1n) is 6.24. The van der Waals surface area contributed by atoms with Gasteiger partial charge in [0.15, 0.2) is 0 Å². The van der Waals surface area contributed by atoms with Gasteiger partial charge < -0.3 is 11.5 Å². The molecule has 2 nitrogen and oxygen atoms in total. The molecule has 0 aromatic heterocycles. The molecule has 0 aliphatic carbocycles. The van der Waals surface area contributed by atoms with Crippen LogP contribution >= 0.6 is 35.0 Å². The summed E-state index contributed by atoms with van der Waals surface area (Å²) in [6.45, 7) is 0.603. The van der Waals surface area contributed by atoms with Gasteiger partial charge in [-0.15, -0.1) is 11.8 Å². The maximum Gasteiger partial charge on any atom is 0.0582 e. The van der Waals surface area contributed by atoms with Crippen LogP contribution in [0.3, 0.4) is 0 Å². The molecule has 2 aromatic rings. The summed E-state index contributed by atoms with van der Waals surface area (Å²) < 4.78 is 0. The van der Waals surface area contributed by atoms with Gasteiger partial charge in [0.1, 0.15) is 0 Å². The highest BCUT2D eigenvalue weighted by molar-refractivity contribution is 7.99. The molecule has 0 aliphatic rings. The maximum atomic E-state index is 6.32. The van der Waals surface area contributed by atoms with Crippen LogP contribution in [0.2, 0.25) is 10.0 Å². The van der Waals surface area contributed by atoms with Gasteiger partial charge in [-0.3, -0.25) is 0 Å². The molecular formula is C15H16Cl2N2S. The van der Waals surface area contributed by atoms with Crippen LogP contribution in [-0.4, -0.2) is 12.3 Å². The molecule has 4 N–H and O–H groups in total. The molecule has 5 heteroatoms. The molecule has 0 saturated carbocycles. The lowest BCUT2D eigenvalue weighted by molar-refractivity contribution is 1.11. The van der Waals surface area contributed by atoms with Gasteiger partial charge in [-0.1, -0.05) is 41.4 Å². The Morgan fingerprint density at radius 3 is 2.50 bits per heavy atom. The van der Waals surface area contributed by atoms with Gasteiger partial charge in [0, 0.05) is 28.0 Å². The minimum absolute atomic E-state index is 0.0333. The van der Waals surface area contributed by atoms with E-state index in [2.05, 4.69) is 0 Å². The first-order valence-corrected chi connectivity index (χ1v) is 8.05. The minimum atomic E-state index is 0.0333. The quantitative estimate of drug-likeness (QED) is 0.803. The Morgan fingerprint density at radius 1 is 1.05 bits per heavy atom. The van der Waals surface area contributed by atoms with Gasteiger partial charge in [0.05, 0.1) is 5.25 Å². The second-order valence-corrected chi connectivity index (χ2v) is 6.39. The lowest BCUT2D eigenvalue weighted by atomic mass is 10.0. The smallest absolute Gasteiger partial charge is 0.0582 e. The van der Waals surface area contributed by atoms with Gasteiger partial charge in [-0.05, 0) is 35.4 Å². The van der Waals surface area contributed by atoms with Gasteiger partial charge in [0.25, 0.3) is 0 Å². The van der Waals surface area contributed by atoms with E-state index in [-0.39, 0.29) is 5.25 Å². The van der Waals surface area contributed by atoms with Crippen LogP contribution in [0, 0.1) is 0 Å². The normalized spacial score (nSPS) is 12.3. The molecule has 0 fully saturated rings. The van der Waals surface area contributed by atoms with E-state index >= 15 is 0 Å². The fourth-order valence-corrected chi connectivity index (χ4v) is 3.62. The topological polar surface area (TPSA) is 52.0 Å². The van der Waals surface area contributed by atoms with Crippen molar-refractivity contribution in [2.45, 2.75) is 5.25 Å². The molecule has 0 heterocycles. The SMILES string of the molecule is NCCSC(c1cc(Cl)ccc1N)c1ccccc1Cl. The second-order valence-electron chi connectivity index (χ2n) is 4.33. The number of anilines is 1. The molecule has 0 saturated heterocycles. The Kier molecular flexibility index (Phi) is 5.61. The highest BCUT2D eigenvalue weighted by Crippen LogP contribution is 2.41. The molecule has 2 rings (SSSR count). The number of hydrogen-bond acceptors (Lipinski definition) is 3. The Balaban J connectivity index is 2.47. The van der Waals surface area contributed by atoms with Gasteiger partial charge >= 0.3 is 0 Å². The van der Waals surface area contributed by atoms with Crippen LogP contribution in [0.25, 0.3) is 0 Å². The second kappa shape index (κ2) is 7.23. The number of nitrogen functional groups attached to an aromatic ring is 1. The monoisotopic (exact) mass is 326 g/mol. The third-order valence-electron chi connectivity index (χ3n) is 2.92. The average molecular weight is 327 g/mol. The van der Waals surface area contributed by atoms with E-state index in [1.165, 1.54) is 0 Å². The Labute approximate surface area is 133 Å². The third kappa shape index (κ3) is 3.61. The van der Waals surface area contributed by atoms with Crippen molar-refractivity contribution in [1.29, 1.82) is 0 Å². The van der Waals surface area contributed by atoms with Crippen molar-refractivity contribution >= 4 is 40.7 Å². The van der Waals surface area contributed by atoms with Crippen LogP contribution < -0.4 is 11.5 Å².